The third kappa shape index (κ3) is 5.44. The SMILES string of the molecule is c1ccc(-c2nc(-c3ccc4oc5cc(-n6c7ccccc7c7cc8ccccc8cc76)c6ccccc6c5c4c3)nc(-c3ccc4c5ccccc5n(-c5ccccc5)c4c3)n2)cc1. The maximum Gasteiger partial charge on any atom is 0.164 e. The van der Waals surface area contributed by atoms with Crippen molar-refractivity contribution in [2.24, 2.45) is 0 Å². The van der Waals surface area contributed by atoms with Crippen molar-refractivity contribution in [3.63, 3.8) is 0 Å². The quantitative estimate of drug-likeness (QED) is 0.173. The molecule has 4 aromatic heterocycles. The van der Waals surface area contributed by atoms with Crippen LogP contribution >= 0.6 is 0 Å². The molecular weight excluding hydrogens is 795 g/mol. The van der Waals surface area contributed by atoms with Crippen molar-refractivity contribution in [1.82, 2.24) is 24.1 Å². The van der Waals surface area contributed by atoms with Crippen LogP contribution in [0.2, 0.25) is 0 Å². The fraction of sp³-hybridized carbons (Fsp3) is 0. The highest BCUT2D eigenvalue weighted by atomic mass is 16.3. The molecule has 4 heterocycles. The van der Waals surface area contributed by atoms with E-state index in [1.165, 1.54) is 32.3 Å². The molecule has 6 nitrogen and oxygen atoms in total. The monoisotopic (exact) mass is 829 g/mol. The van der Waals surface area contributed by atoms with E-state index in [-0.39, 0.29) is 0 Å². The molecular formula is C59H35N5O. The molecule has 14 aromatic rings. The molecule has 0 atom stereocenters. The van der Waals surface area contributed by atoms with Gasteiger partial charge in [-0.2, -0.15) is 0 Å². The van der Waals surface area contributed by atoms with Crippen LogP contribution in [0, 0.1) is 0 Å². The molecule has 0 aliphatic rings. The largest absolute Gasteiger partial charge is 0.456 e. The molecule has 0 aliphatic carbocycles. The minimum absolute atomic E-state index is 0.590. The van der Waals surface area contributed by atoms with Gasteiger partial charge >= 0.3 is 0 Å². The Morgan fingerprint density at radius 1 is 0.308 bits per heavy atom. The minimum Gasteiger partial charge on any atom is -0.456 e. The number of benzene rings is 10. The van der Waals surface area contributed by atoms with Crippen LogP contribution in [-0.2, 0) is 0 Å². The lowest BCUT2D eigenvalue weighted by molar-refractivity contribution is 0.669. The van der Waals surface area contributed by atoms with E-state index in [1.54, 1.807) is 0 Å². The van der Waals surface area contributed by atoms with Crippen molar-refractivity contribution >= 4 is 87.1 Å². The van der Waals surface area contributed by atoms with Gasteiger partial charge in [-0.25, -0.2) is 15.0 Å². The van der Waals surface area contributed by atoms with E-state index in [4.69, 9.17) is 19.4 Å². The summed E-state index contributed by atoms with van der Waals surface area (Å²) in [6, 6.07) is 75.0. The fourth-order valence-corrected chi connectivity index (χ4v) is 10.2. The minimum atomic E-state index is 0.590. The predicted molar refractivity (Wildman–Crippen MR) is 267 cm³/mol. The molecule has 0 fully saturated rings. The van der Waals surface area contributed by atoms with Gasteiger partial charge in [-0.15, -0.1) is 0 Å². The number of furan rings is 1. The van der Waals surface area contributed by atoms with E-state index in [1.807, 2.05) is 18.2 Å². The number of hydrogen-bond acceptors (Lipinski definition) is 4. The van der Waals surface area contributed by atoms with Crippen molar-refractivity contribution in [1.29, 1.82) is 0 Å². The fourth-order valence-electron chi connectivity index (χ4n) is 10.2. The zero-order chi connectivity index (χ0) is 42.6. The van der Waals surface area contributed by atoms with Crippen LogP contribution in [-0.4, -0.2) is 24.1 Å². The molecule has 0 radical (unpaired) electrons. The normalized spacial score (nSPS) is 12.0. The van der Waals surface area contributed by atoms with Gasteiger partial charge in [-0.1, -0.05) is 146 Å². The molecule has 65 heavy (non-hydrogen) atoms. The topological polar surface area (TPSA) is 61.7 Å². The highest BCUT2D eigenvalue weighted by Gasteiger charge is 2.21. The third-order valence-corrected chi connectivity index (χ3v) is 13.1. The first-order valence-electron chi connectivity index (χ1n) is 21.9. The predicted octanol–water partition coefficient (Wildman–Crippen LogP) is 15.3. The molecule has 6 heteroatoms. The van der Waals surface area contributed by atoms with Gasteiger partial charge in [-0.3, -0.25) is 0 Å². The van der Waals surface area contributed by atoms with Crippen LogP contribution in [0.5, 0.6) is 0 Å². The van der Waals surface area contributed by atoms with Gasteiger partial charge in [0.15, 0.2) is 17.5 Å². The van der Waals surface area contributed by atoms with Gasteiger partial charge in [0.25, 0.3) is 0 Å². The lowest BCUT2D eigenvalue weighted by atomic mass is 10.0. The second-order valence-corrected chi connectivity index (χ2v) is 16.8. The zero-order valence-corrected chi connectivity index (χ0v) is 34.9. The zero-order valence-electron chi connectivity index (χ0n) is 34.9. The molecule has 0 saturated heterocycles. The molecule has 0 spiro atoms. The Hall–Kier alpha value is -8.87. The van der Waals surface area contributed by atoms with Gasteiger partial charge in [0.1, 0.15) is 11.2 Å². The average Bonchev–Trinajstić information content (AvgIpc) is 4.02. The molecule has 10 aromatic carbocycles. The molecule has 0 N–H and O–H groups in total. The first-order valence-corrected chi connectivity index (χ1v) is 21.9. The summed E-state index contributed by atoms with van der Waals surface area (Å²) in [5, 5.41) is 11.6. The van der Waals surface area contributed by atoms with Crippen molar-refractivity contribution in [3.05, 3.63) is 212 Å². The van der Waals surface area contributed by atoms with Gasteiger partial charge in [0.05, 0.1) is 27.8 Å². The summed E-state index contributed by atoms with van der Waals surface area (Å²) < 4.78 is 11.5. The number of fused-ring (bicyclic) bond motifs is 12. The van der Waals surface area contributed by atoms with Crippen LogP contribution in [0.3, 0.4) is 0 Å². The number of nitrogens with zero attached hydrogens (tertiary/aromatic N) is 5. The van der Waals surface area contributed by atoms with Crippen molar-refractivity contribution < 1.29 is 4.42 Å². The Morgan fingerprint density at radius 2 is 0.846 bits per heavy atom. The summed E-state index contributed by atoms with van der Waals surface area (Å²) in [6.45, 7) is 0. The van der Waals surface area contributed by atoms with Crippen molar-refractivity contribution in [2.45, 2.75) is 0 Å². The van der Waals surface area contributed by atoms with Crippen LogP contribution in [0.1, 0.15) is 0 Å². The highest BCUT2D eigenvalue weighted by molar-refractivity contribution is 6.22. The average molecular weight is 830 g/mol. The summed E-state index contributed by atoms with van der Waals surface area (Å²) >= 11 is 0. The first kappa shape index (κ1) is 35.7. The highest BCUT2D eigenvalue weighted by Crippen LogP contribution is 2.43. The Kier molecular flexibility index (Phi) is 7.59. The maximum atomic E-state index is 6.82. The Bertz CT molecular complexity index is 4240. The second-order valence-electron chi connectivity index (χ2n) is 16.8. The summed E-state index contributed by atoms with van der Waals surface area (Å²) in [4.78, 5) is 15.6. The smallest absolute Gasteiger partial charge is 0.164 e. The van der Waals surface area contributed by atoms with Crippen molar-refractivity contribution in [3.8, 4) is 45.5 Å². The van der Waals surface area contributed by atoms with Crippen molar-refractivity contribution in [2.75, 3.05) is 0 Å². The summed E-state index contributed by atoms with van der Waals surface area (Å²) in [5.74, 6) is 1.81. The summed E-state index contributed by atoms with van der Waals surface area (Å²) in [7, 11) is 0. The van der Waals surface area contributed by atoms with Crippen LogP contribution in [0.25, 0.3) is 133 Å². The number of hydrogen-bond donors (Lipinski definition) is 0. The number of para-hydroxylation sites is 3. The Balaban J connectivity index is 0.974. The lowest BCUT2D eigenvalue weighted by Gasteiger charge is -2.13. The first-order chi connectivity index (χ1) is 32.2. The van der Waals surface area contributed by atoms with Gasteiger partial charge in [-0.05, 0) is 76.8 Å². The lowest BCUT2D eigenvalue weighted by Crippen LogP contribution is -2.00. The molecule has 0 unspecified atom stereocenters. The van der Waals surface area contributed by atoms with E-state index < -0.39 is 0 Å². The van der Waals surface area contributed by atoms with E-state index in [0.29, 0.717) is 17.5 Å². The van der Waals surface area contributed by atoms with E-state index in [9.17, 15) is 0 Å². The van der Waals surface area contributed by atoms with Gasteiger partial charge in [0.2, 0.25) is 0 Å². The molecule has 0 saturated carbocycles. The maximum absolute atomic E-state index is 6.82. The third-order valence-electron chi connectivity index (χ3n) is 13.1. The summed E-state index contributed by atoms with van der Waals surface area (Å²) in [6.07, 6.45) is 0. The van der Waals surface area contributed by atoms with Gasteiger partial charge < -0.3 is 13.6 Å². The Labute approximate surface area is 371 Å². The standard InChI is InChI=1S/C59H35N5O/c1-3-15-36(16-4-1)57-60-58(62-59(61-57)40-27-29-45-42-21-11-13-25-49(42)63(51(45)34-40)41-19-5-2-6-20-41)39-28-30-54-48(32-39)56-46-24-10-9-22-43(46)53(35-55(56)65-54)64-50-26-14-12-23-44(50)47-31-37-17-7-8-18-38(37)33-52(47)64/h1-35H. The van der Waals surface area contributed by atoms with Crippen LogP contribution < -0.4 is 0 Å². The van der Waals surface area contributed by atoms with E-state index in [2.05, 4.69) is 203 Å². The molecule has 14 rings (SSSR count). The Morgan fingerprint density at radius 3 is 1.60 bits per heavy atom. The van der Waals surface area contributed by atoms with Crippen LogP contribution in [0.15, 0.2) is 217 Å². The molecule has 302 valence electrons. The molecule has 0 amide bonds. The molecule has 0 bridgehead atoms. The van der Waals surface area contributed by atoms with Gasteiger partial charge in [0, 0.05) is 66.1 Å². The van der Waals surface area contributed by atoms with Crippen LogP contribution in [0.4, 0.5) is 0 Å². The van der Waals surface area contributed by atoms with E-state index in [0.717, 1.165) is 82.8 Å². The number of rotatable bonds is 5. The summed E-state index contributed by atoms with van der Waals surface area (Å²) in [5.41, 5.74) is 11.1. The van der Waals surface area contributed by atoms with E-state index >= 15 is 0 Å². The second kappa shape index (κ2) is 13.8. The number of aromatic nitrogens is 5. The molecule has 0 aliphatic heterocycles.